The Morgan fingerprint density at radius 1 is 0.944 bits per heavy atom. The van der Waals surface area contributed by atoms with E-state index in [0.717, 1.165) is 6.42 Å². The van der Waals surface area contributed by atoms with Crippen molar-refractivity contribution in [1.82, 2.24) is 0 Å². The van der Waals surface area contributed by atoms with Crippen molar-refractivity contribution in [3.8, 4) is 0 Å². The lowest BCUT2D eigenvalue weighted by molar-refractivity contribution is 1.13. The van der Waals surface area contributed by atoms with E-state index in [1.165, 1.54) is 28.0 Å². The molecule has 0 spiro atoms. The second kappa shape index (κ2) is 4.34. The minimum absolute atomic E-state index is 1.05. The molecule has 0 heterocycles. The van der Waals surface area contributed by atoms with Gasteiger partial charge in [-0.2, -0.15) is 0 Å². The average Bonchev–Trinajstić information content (AvgIpc) is 2.82. The number of benzene rings is 2. The molecule has 0 N–H and O–H groups in total. The van der Waals surface area contributed by atoms with Crippen LogP contribution in [0, 0.1) is 0 Å². The second-order valence-corrected chi connectivity index (χ2v) is 4.99. The van der Waals surface area contributed by atoms with Gasteiger partial charge in [-0.05, 0) is 40.8 Å². The van der Waals surface area contributed by atoms with Crippen LogP contribution in [0.15, 0.2) is 48.5 Å². The maximum atomic E-state index is 2.32. The molecular weight excluding hydrogens is 218 g/mol. The molecule has 0 unspecified atom stereocenters. The Hall–Kier alpha value is -2.02. The third kappa shape index (κ3) is 1.92. The van der Waals surface area contributed by atoms with Gasteiger partial charge in [0, 0.05) is 19.8 Å². The summed E-state index contributed by atoms with van der Waals surface area (Å²) in [5.41, 5.74) is 6.81. The molecule has 0 aromatic heterocycles. The molecule has 0 saturated heterocycles. The second-order valence-electron chi connectivity index (χ2n) is 4.99. The van der Waals surface area contributed by atoms with E-state index < -0.39 is 0 Å². The van der Waals surface area contributed by atoms with E-state index in [4.69, 9.17) is 0 Å². The first-order chi connectivity index (χ1) is 8.74. The normalized spacial score (nSPS) is 13.1. The fraction of sp³-hybridized carbons (Fsp3) is 0.176. The molecule has 2 aromatic carbocycles. The quantitative estimate of drug-likeness (QED) is 0.764. The van der Waals surface area contributed by atoms with Crippen molar-refractivity contribution in [3.63, 3.8) is 0 Å². The molecule has 0 bridgehead atoms. The van der Waals surface area contributed by atoms with Gasteiger partial charge in [0.05, 0.1) is 0 Å². The van der Waals surface area contributed by atoms with Crippen LogP contribution in [-0.2, 0) is 6.42 Å². The minimum Gasteiger partial charge on any atom is -0.378 e. The zero-order valence-corrected chi connectivity index (χ0v) is 10.9. The first kappa shape index (κ1) is 11.1. The fourth-order valence-electron chi connectivity index (χ4n) is 2.44. The number of rotatable bonds is 2. The summed E-state index contributed by atoms with van der Waals surface area (Å²) < 4.78 is 0. The van der Waals surface area contributed by atoms with Crippen molar-refractivity contribution in [2.45, 2.75) is 6.42 Å². The molecule has 18 heavy (non-hydrogen) atoms. The molecule has 1 aliphatic rings. The molecule has 2 aromatic rings. The van der Waals surface area contributed by atoms with Crippen LogP contribution in [0.3, 0.4) is 0 Å². The zero-order valence-electron chi connectivity index (χ0n) is 10.9. The summed E-state index contributed by atoms with van der Waals surface area (Å²) >= 11 is 0. The van der Waals surface area contributed by atoms with Crippen LogP contribution in [0.1, 0.15) is 16.7 Å². The van der Waals surface area contributed by atoms with Gasteiger partial charge in [-0.25, -0.2) is 0 Å². The van der Waals surface area contributed by atoms with Crippen LogP contribution in [0.4, 0.5) is 5.69 Å². The predicted octanol–water partition coefficient (Wildman–Crippen LogP) is 3.85. The summed E-state index contributed by atoms with van der Waals surface area (Å²) in [6.45, 7) is 0. The number of allylic oxidation sites excluding steroid dienone is 1. The molecule has 0 amide bonds. The van der Waals surface area contributed by atoms with Gasteiger partial charge in [0.15, 0.2) is 0 Å². The topological polar surface area (TPSA) is 3.24 Å². The molecule has 0 aliphatic heterocycles. The van der Waals surface area contributed by atoms with Crippen LogP contribution < -0.4 is 4.90 Å². The number of anilines is 1. The lowest BCUT2D eigenvalue weighted by Crippen LogP contribution is -2.08. The highest BCUT2D eigenvalue weighted by molar-refractivity contribution is 5.89. The maximum Gasteiger partial charge on any atom is 0.0367 e. The highest BCUT2D eigenvalue weighted by Crippen LogP contribution is 2.33. The van der Waals surface area contributed by atoms with Gasteiger partial charge in [-0.15, -0.1) is 0 Å². The van der Waals surface area contributed by atoms with Gasteiger partial charge < -0.3 is 4.90 Å². The van der Waals surface area contributed by atoms with E-state index in [1.807, 2.05) is 0 Å². The molecular formula is C17H17N. The molecule has 1 nitrogen and oxygen atoms in total. The fourth-order valence-corrected chi connectivity index (χ4v) is 2.44. The van der Waals surface area contributed by atoms with Crippen molar-refractivity contribution >= 4 is 17.3 Å². The van der Waals surface area contributed by atoms with Gasteiger partial charge in [0.25, 0.3) is 0 Å². The molecule has 90 valence electrons. The van der Waals surface area contributed by atoms with Crippen LogP contribution >= 0.6 is 0 Å². The lowest BCUT2D eigenvalue weighted by atomic mass is 10.0. The lowest BCUT2D eigenvalue weighted by Gasteiger charge is -2.13. The van der Waals surface area contributed by atoms with Crippen LogP contribution in [0.5, 0.6) is 0 Å². The molecule has 0 radical (unpaired) electrons. The van der Waals surface area contributed by atoms with Crippen LogP contribution in [0.25, 0.3) is 11.6 Å². The third-order valence-corrected chi connectivity index (χ3v) is 3.50. The highest BCUT2D eigenvalue weighted by atomic mass is 15.1. The Morgan fingerprint density at radius 2 is 1.72 bits per heavy atom. The van der Waals surface area contributed by atoms with Crippen LogP contribution in [0.2, 0.25) is 0 Å². The molecule has 0 fully saturated rings. The first-order valence-corrected chi connectivity index (χ1v) is 6.30. The summed E-state index contributed by atoms with van der Waals surface area (Å²) in [5, 5.41) is 0. The minimum atomic E-state index is 1.05. The Kier molecular flexibility index (Phi) is 2.67. The van der Waals surface area contributed by atoms with Crippen molar-refractivity contribution in [2.75, 3.05) is 19.0 Å². The van der Waals surface area contributed by atoms with Crippen molar-refractivity contribution in [1.29, 1.82) is 0 Å². The summed E-state index contributed by atoms with van der Waals surface area (Å²) in [5.74, 6) is 0. The SMILES string of the molecule is CN(C)c1ccc2c(c1)C=C(c1ccccc1)C2. The standard InChI is InChI=1S/C17H17N/c1-18(2)17-9-8-14-10-15(11-16(14)12-17)13-6-4-3-5-7-13/h3-9,11-12H,10H2,1-2H3. The smallest absolute Gasteiger partial charge is 0.0367 e. The van der Waals surface area contributed by atoms with E-state index in [2.05, 4.69) is 73.6 Å². The molecule has 0 saturated carbocycles. The largest absolute Gasteiger partial charge is 0.378 e. The Bertz CT molecular complexity index is 594. The van der Waals surface area contributed by atoms with Crippen molar-refractivity contribution in [3.05, 3.63) is 65.2 Å². The number of hydrogen-bond donors (Lipinski definition) is 0. The number of hydrogen-bond acceptors (Lipinski definition) is 1. The summed E-state index contributed by atoms with van der Waals surface area (Å²) in [7, 11) is 4.16. The van der Waals surface area contributed by atoms with Crippen molar-refractivity contribution in [2.24, 2.45) is 0 Å². The van der Waals surface area contributed by atoms with E-state index in [9.17, 15) is 0 Å². The summed E-state index contributed by atoms with van der Waals surface area (Å²) in [6.07, 6.45) is 3.37. The van der Waals surface area contributed by atoms with E-state index in [0.29, 0.717) is 0 Å². The highest BCUT2D eigenvalue weighted by Gasteiger charge is 2.14. The summed E-state index contributed by atoms with van der Waals surface area (Å²) in [4.78, 5) is 2.15. The maximum absolute atomic E-state index is 2.32. The molecule has 1 heteroatoms. The van der Waals surface area contributed by atoms with Gasteiger partial charge in [-0.1, -0.05) is 42.5 Å². The predicted molar refractivity (Wildman–Crippen MR) is 78.8 cm³/mol. The van der Waals surface area contributed by atoms with Gasteiger partial charge >= 0.3 is 0 Å². The van der Waals surface area contributed by atoms with Gasteiger partial charge in [-0.3, -0.25) is 0 Å². The number of nitrogens with zero attached hydrogens (tertiary/aromatic N) is 1. The zero-order chi connectivity index (χ0) is 12.5. The van der Waals surface area contributed by atoms with E-state index in [-0.39, 0.29) is 0 Å². The van der Waals surface area contributed by atoms with Crippen LogP contribution in [-0.4, -0.2) is 14.1 Å². The van der Waals surface area contributed by atoms with E-state index in [1.54, 1.807) is 0 Å². The monoisotopic (exact) mass is 235 g/mol. The molecule has 1 aliphatic carbocycles. The summed E-state index contributed by atoms with van der Waals surface area (Å²) in [6, 6.07) is 17.4. The molecule has 3 rings (SSSR count). The average molecular weight is 235 g/mol. The van der Waals surface area contributed by atoms with Crippen molar-refractivity contribution < 1.29 is 0 Å². The van der Waals surface area contributed by atoms with Gasteiger partial charge in [0.1, 0.15) is 0 Å². The van der Waals surface area contributed by atoms with Gasteiger partial charge in [0.2, 0.25) is 0 Å². The van der Waals surface area contributed by atoms with E-state index >= 15 is 0 Å². The first-order valence-electron chi connectivity index (χ1n) is 6.30. The molecule has 0 atom stereocenters. The Labute approximate surface area is 108 Å². The Morgan fingerprint density at radius 3 is 2.44 bits per heavy atom. The third-order valence-electron chi connectivity index (χ3n) is 3.50. The Balaban J connectivity index is 1.98. The number of fused-ring (bicyclic) bond motifs is 1.